The third-order valence-electron chi connectivity index (χ3n) is 4.10. The van der Waals surface area contributed by atoms with Crippen molar-refractivity contribution in [3.05, 3.63) is 11.7 Å². The van der Waals surface area contributed by atoms with Crippen LogP contribution >= 0.6 is 0 Å². The molecule has 1 saturated heterocycles. The van der Waals surface area contributed by atoms with E-state index in [4.69, 9.17) is 4.52 Å². The first-order valence-corrected chi connectivity index (χ1v) is 6.27. The summed E-state index contributed by atoms with van der Waals surface area (Å²) in [6.07, 6.45) is 3.56. The van der Waals surface area contributed by atoms with Crippen LogP contribution in [0.2, 0.25) is 0 Å². The molecule has 0 spiro atoms. The second kappa shape index (κ2) is 3.55. The van der Waals surface area contributed by atoms with E-state index in [1.54, 1.807) is 0 Å². The molecule has 1 aliphatic heterocycles. The van der Waals surface area contributed by atoms with Crippen molar-refractivity contribution in [2.24, 2.45) is 5.92 Å². The van der Waals surface area contributed by atoms with Gasteiger partial charge in [-0.15, -0.1) is 0 Å². The van der Waals surface area contributed by atoms with Gasteiger partial charge in [-0.05, 0) is 31.7 Å². The molecule has 16 heavy (non-hydrogen) atoms. The number of hydrogen-bond donors (Lipinski definition) is 1. The highest BCUT2D eigenvalue weighted by Gasteiger charge is 2.44. The van der Waals surface area contributed by atoms with E-state index in [9.17, 15) is 0 Å². The summed E-state index contributed by atoms with van der Waals surface area (Å²) < 4.78 is 5.51. The Labute approximate surface area is 95.8 Å². The number of rotatable bonds is 3. The molecule has 1 N–H and O–H groups in total. The van der Waals surface area contributed by atoms with E-state index in [1.807, 2.05) is 0 Å². The van der Waals surface area contributed by atoms with Gasteiger partial charge < -0.3 is 9.84 Å². The van der Waals surface area contributed by atoms with Crippen molar-refractivity contribution in [1.29, 1.82) is 0 Å². The Morgan fingerprint density at radius 3 is 2.81 bits per heavy atom. The van der Waals surface area contributed by atoms with Crippen molar-refractivity contribution in [2.45, 2.75) is 44.4 Å². The van der Waals surface area contributed by atoms with Crippen molar-refractivity contribution in [2.75, 3.05) is 13.1 Å². The normalized spacial score (nSPS) is 30.2. The fourth-order valence-corrected chi connectivity index (χ4v) is 2.58. The van der Waals surface area contributed by atoms with Crippen LogP contribution in [0.5, 0.6) is 0 Å². The van der Waals surface area contributed by atoms with Gasteiger partial charge in [0, 0.05) is 12.5 Å². The molecular formula is C12H19N3O. The van der Waals surface area contributed by atoms with E-state index < -0.39 is 0 Å². The lowest BCUT2D eigenvalue weighted by molar-refractivity contribution is 0.234. The Kier molecular flexibility index (Phi) is 2.28. The lowest BCUT2D eigenvalue weighted by atomic mass is 9.76. The SMILES string of the molecule is CC(C)C1(c2nc(C3CC3)no2)CCNC1. The number of nitrogens with one attached hydrogen (secondary N) is 1. The highest BCUT2D eigenvalue weighted by molar-refractivity contribution is 5.14. The first-order valence-electron chi connectivity index (χ1n) is 6.27. The topological polar surface area (TPSA) is 51.0 Å². The summed E-state index contributed by atoms with van der Waals surface area (Å²) >= 11 is 0. The van der Waals surface area contributed by atoms with Gasteiger partial charge in [-0.25, -0.2) is 0 Å². The van der Waals surface area contributed by atoms with E-state index in [0.717, 1.165) is 31.2 Å². The summed E-state index contributed by atoms with van der Waals surface area (Å²) in [5, 5.41) is 7.56. The zero-order valence-corrected chi connectivity index (χ0v) is 9.99. The minimum Gasteiger partial charge on any atom is -0.339 e. The molecule has 2 heterocycles. The minimum atomic E-state index is 0.0696. The summed E-state index contributed by atoms with van der Waals surface area (Å²) in [6, 6.07) is 0. The molecule has 1 atom stereocenters. The van der Waals surface area contributed by atoms with Crippen molar-refractivity contribution in [3.8, 4) is 0 Å². The molecule has 4 nitrogen and oxygen atoms in total. The van der Waals surface area contributed by atoms with Gasteiger partial charge in [-0.3, -0.25) is 0 Å². The van der Waals surface area contributed by atoms with E-state index in [1.165, 1.54) is 12.8 Å². The lowest BCUT2D eigenvalue weighted by Gasteiger charge is -2.28. The van der Waals surface area contributed by atoms with Gasteiger partial charge in [-0.1, -0.05) is 19.0 Å². The quantitative estimate of drug-likeness (QED) is 0.846. The molecule has 1 aromatic rings. The highest BCUT2D eigenvalue weighted by atomic mass is 16.5. The van der Waals surface area contributed by atoms with Crippen molar-refractivity contribution >= 4 is 0 Å². The fourth-order valence-electron chi connectivity index (χ4n) is 2.58. The van der Waals surface area contributed by atoms with Crippen LogP contribution in [0.15, 0.2) is 4.52 Å². The molecule has 1 aromatic heterocycles. The highest BCUT2D eigenvalue weighted by Crippen LogP contribution is 2.41. The Hall–Kier alpha value is -0.900. The molecule has 2 fully saturated rings. The van der Waals surface area contributed by atoms with Crippen LogP contribution in [-0.4, -0.2) is 23.2 Å². The van der Waals surface area contributed by atoms with Crippen LogP contribution in [0.4, 0.5) is 0 Å². The van der Waals surface area contributed by atoms with Crippen molar-refractivity contribution in [3.63, 3.8) is 0 Å². The van der Waals surface area contributed by atoms with Crippen LogP contribution in [0.3, 0.4) is 0 Å². The molecule has 88 valence electrons. The Morgan fingerprint density at radius 1 is 1.44 bits per heavy atom. The van der Waals surface area contributed by atoms with Gasteiger partial charge in [0.2, 0.25) is 5.89 Å². The Morgan fingerprint density at radius 2 is 2.25 bits per heavy atom. The smallest absolute Gasteiger partial charge is 0.234 e. The molecule has 1 aliphatic carbocycles. The molecule has 2 aliphatic rings. The Balaban J connectivity index is 1.92. The number of aromatic nitrogens is 2. The average Bonchev–Trinajstić information content (AvgIpc) is 2.83. The number of nitrogens with zero attached hydrogens (tertiary/aromatic N) is 2. The molecule has 0 aromatic carbocycles. The summed E-state index contributed by atoms with van der Waals surface area (Å²) in [5.74, 6) is 2.91. The summed E-state index contributed by atoms with van der Waals surface area (Å²) in [5.41, 5.74) is 0.0696. The molecule has 1 saturated carbocycles. The van der Waals surface area contributed by atoms with Gasteiger partial charge in [0.1, 0.15) is 0 Å². The summed E-state index contributed by atoms with van der Waals surface area (Å²) in [4.78, 5) is 4.63. The molecule has 1 unspecified atom stereocenters. The second-order valence-corrected chi connectivity index (χ2v) is 5.47. The second-order valence-electron chi connectivity index (χ2n) is 5.47. The van der Waals surface area contributed by atoms with Gasteiger partial charge in [0.05, 0.1) is 5.41 Å². The third kappa shape index (κ3) is 1.47. The van der Waals surface area contributed by atoms with Crippen LogP contribution in [0, 0.1) is 5.92 Å². The molecule has 4 heteroatoms. The average molecular weight is 221 g/mol. The van der Waals surface area contributed by atoms with Crippen LogP contribution < -0.4 is 5.32 Å². The van der Waals surface area contributed by atoms with E-state index in [-0.39, 0.29) is 5.41 Å². The van der Waals surface area contributed by atoms with Crippen molar-refractivity contribution < 1.29 is 4.52 Å². The Bertz CT molecular complexity index is 375. The lowest BCUT2D eigenvalue weighted by Crippen LogP contribution is -2.35. The van der Waals surface area contributed by atoms with Gasteiger partial charge in [0.25, 0.3) is 0 Å². The molecule has 0 radical (unpaired) electrons. The van der Waals surface area contributed by atoms with Crippen LogP contribution in [-0.2, 0) is 5.41 Å². The monoisotopic (exact) mass is 221 g/mol. The minimum absolute atomic E-state index is 0.0696. The van der Waals surface area contributed by atoms with E-state index in [2.05, 4.69) is 29.3 Å². The van der Waals surface area contributed by atoms with Crippen molar-refractivity contribution in [1.82, 2.24) is 15.5 Å². The van der Waals surface area contributed by atoms with E-state index >= 15 is 0 Å². The molecule has 0 amide bonds. The maximum Gasteiger partial charge on any atom is 0.234 e. The summed E-state index contributed by atoms with van der Waals surface area (Å²) in [7, 11) is 0. The van der Waals surface area contributed by atoms with E-state index in [0.29, 0.717) is 11.8 Å². The molecule has 3 rings (SSSR count). The van der Waals surface area contributed by atoms with Gasteiger partial charge >= 0.3 is 0 Å². The third-order valence-corrected chi connectivity index (χ3v) is 4.10. The first-order chi connectivity index (χ1) is 7.72. The zero-order chi connectivity index (χ0) is 11.2. The first kappa shape index (κ1) is 10.3. The maximum atomic E-state index is 5.51. The fraction of sp³-hybridized carbons (Fsp3) is 0.833. The summed E-state index contributed by atoms with van der Waals surface area (Å²) in [6.45, 7) is 6.51. The van der Waals surface area contributed by atoms with Gasteiger partial charge in [0.15, 0.2) is 5.82 Å². The largest absolute Gasteiger partial charge is 0.339 e. The molecular weight excluding hydrogens is 202 g/mol. The van der Waals surface area contributed by atoms with Gasteiger partial charge in [-0.2, -0.15) is 4.98 Å². The standard InChI is InChI=1S/C12H19N3O/c1-8(2)12(5-6-13-7-12)11-14-10(15-16-11)9-3-4-9/h8-9,13H,3-7H2,1-2H3. The maximum absolute atomic E-state index is 5.51. The predicted octanol–water partition coefficient (Wildman–Crippen LogP) is 1.83. The van der Waals surface area contributed by atoms with Crippen LogP contribution in [0.1, 0.15) is 50.7 Å². The predicted molar refractivity (Wildman–Crippen MR) is 60.3 cm³/mol. The zero-order valence-electron chi connectivity index (χ0n) is 9.99. The molecule has 0 bridgehead atoms. The van der Waals surface area contributed by atoms with Crippen LogP contribution in [0.25, 0.3) is 0 Å². The number of hydrogen-bond acceptors (Lipinski definition) is 4.